The molecule has 6 heteroatoms. The van der Waals surface area contributed by atoms with Crippen LogP contribution in [0.4, 0.5) is 0 Å². The first-order chi connectivity index (χ1) is 10.3. The first kappa shape index (κ1) is 13.5. The third kappa shape index (κ3) is 2.71. The Bertz CT molecular complexity index is 704. The molecule has 0 aliphatic rings. The number of aryl methyl sites for hydroxylation is 1. The van der Waals surface area contributed by atoms with Crippen LogP contribution in [0.2, 0.25) is 0 Å². The van der Waals surface area contributed by atoms with Crippen molar-refractivity contribution in [3.05, 3.63) is 54.2 Å². The van der Waals surface area contributed by atoms with E-state index in [4.69, 9.17) is 0 Å². The number of aliphatic hydroxyl groups is 1. The lowest BCUT2D eigenvalue weighted by Gasteiger charge is -2.11. The number of H-pyrrole nitrogens is 1. The van der Waals surface area contributed by atoms with Gasteiger partial charge in [-0.05, 0) is 12.5 Å². The maximum Gasteiger partial charge on any atom is 0.138 e. The van der Waals surface area contributed by atoms with Crippen molar-refractivity contribution in [1.29, 1.82) is 0 Å². The number of nitrogens with zero attached hydrogens (tertiary/aromatic N) is 4. The first-order valence-electron chi connectivity index (χ1n) is 6.93. The van der Waals surface area contributed by atoms with E-state index in [2.05, 4.69) is 20.3 Å². The molecule has 1 atom stereocenters. The van der Waals surface area contributed by atoms with Gasteiger partial charge in [-0.1, -0.05) is 30.3 Å². The number of nitrogens with one attached hydrogen (secondary N) is 1. The molecule has 2 heterocycles. The molecule has 3 aromatic rings. The van der Waals surface area contributed by atoms with E-state index in [1.165, 1.54) is 6.33 Å². The van der Waals surface area contributed by atoms with Crippen molar-refractivity contribution in [3.8, 4) is 11.3 Å². The smallest absolute Gasteiger partial charge is 0.138 e. The van der Waals surface area contributed by atoms with Crippen LogP contribution in [0.25, 0.3) is 11.3 Å². The van der Waals surface area contributed by atoms with Crippen molar-refractivity contribution < 1.29 is 5.11 Å². The molecule has 2 N–H and O–H groups in total. The highest BCUT2D eigenvalue weighted by Crippen LogP contribution is 2.27. The lowest BCUT2D eigenvalue weighted by Crippen LogP contribution is -2.09. The van der Waals surface area contributed by atoms with E-state index in [1.807, 2.05) is 37.3 Å². The molecule has 21 heavy (non-hydrogen) atoms. The maximum atomic E-state index is 10.5. The zero-order valence-corrected chi connectivity index (χ0v) is 11.8. The first-order valence-corrected chi connectivity index (χ1v) is 6.93. The summed E-state index contributed by atoms with van der Waals surface area (Å²) in [5.41, 5.74) is 2.61. The fraction of sp³-hybridized carbons (Fsp3) is 0.267. The molecular weight excluding hydrogens is 266 g/mol. The summed E-state index contributed by atoms with van der Waals surface area (Å²) in [4.78, 5) is 4.20. The van der Waals surface area contributed by atoms with E-state index >= 15 is 0 Å². The number of hydrogen-bond acceptors (Lipinski definition) is 4. The Labute approximate surface area is 122 Å². The maximum absolute atomic E-state index is 10.5. The van der Waals surface area contributed by atoms with Gasteiger partial charge in [0, 0.05) is 18.5 Å². The van der Waals surface area contributed by atoms with Crippen LogP contribution in [-0.2, 0) is 13.0 Å². The van der Waals surface area contributed by atoms with Crippen LogP contribution in [0, 0.1) is 0 Å². The van der Waals surface area contributed by atoms with E-state index < -0.39 is 6.10 Å². The van der Waals surface area contributed by atoms with E-state index in [0.717, 1.165) is 29.2 Å². The second-order valence-corrected chi connectivity index (χ2v) is 4.78. The summed E-state index contributed by atoms with van der Waals surface area (Å²) < 4.78 is 1.78. The number of aromatic nitrogens is 5. The monoisotopic (exact) mass is 283 g/mol. The zero-order chi connectivity index (χ0) is 14.7. The summed E-state index contributed by atoms with van der Waals surface area (Å²) in [5, 5.41) is 21.6. The number of rotatable bonds is 5. The van der Waals surface area contributed by atoms with Gasteiger partial charge in [0.25, 0.3) is 0 Å². The molecule has 1 unspecified atom stereocenters. The van der Waals surface area contributed by atoms with Crippen molar-refractivity contribution >= 4 is 0 Å². The van der Waals surface area contributed by atoms with Gasteiger partial charge in [-0.25, -0.2) is 4.98 Å². The van der Waals surface area contributed by atoms with Crippen molar-refractivity contribution in [2.24, 2.45) is 0 Å². The van der Waals surface area contributed by atoms with Crippen LogP contribution in [0.3, 0.4) is 0 Å². The molecule has 0 saturated heterocycles. The predicted molar refractivity (Wildman–Crippen MR) is 78.4 cm³/mol. The highest BCUT2D eigenvalue weighted by Gasteiger charge is 2.18. The van der Waals surface area contributed by atoms with Crippen LogP contribution >= 0.6 is 0 Å². The third-order valence-electron chi connectivity index (χ3n) is 3.46. The summed E-state index contributed by atoms with van der Waals surface area (Å²) in [6.45, 7) is 2.73. The summed E-state index contributed by atoms with van der Waals surface area (Å²) in [6.07, 6.45) is 2.92. The zero-order valence-electron chi connectivity index (χ0n) is 11.8. The van der Waals surface area contributed by atoms with E-state index in [1.54, 1.807) is 10.9 Å². The molecule has 1 aromatic carbocycles. The Kier molecular flexibility index (Phi) is 3.79. The van der Waals surface area contributed by atoms with Crippen LogP contribution in [0.15, 0.2) is 42.9 Å². The summed E-state index contributed by atoms with van der Waals surface area (Å²) >= 11 is 0. The predicted octanol–water partition coefficient (Wildman–Crippen LogP) is 1.96. The highest BCUT2D eigenvalue weighted by atomic mass is 16.3. The van der Waals surface area contributed by atoms with Crippen LogP contribution in [-0.4, -0.2) is 30.1 Å². The van der Waals surface area contributed by atoms with Crippen molar-refractivity contribution in [3.63, 3.8) is 0 Å². The Morgan fingerprint density at radius 3 is 2.86 bits per heavy atom. The van der Waals surface area contributed by atoms with Crippen molar-refractivity contribution in [2.45, 2.75) is 26.0 Å². The minimum atomic E-state index is -0.673. The Morgan fingerprint density at radius 1 is 1.29 bits per heavy atom. The molecule has 0 aliphatic heterocycles. The Balaban J connectivity index is 1.86. The van der Waals surface area contributed by atoms with Gasteiger partial charge in [0.15, 0.2) is 0 Å². The van der Waals surface area contributed by atoms with Gasteiger partial charge < -0.3 is 5.11 Å². The topological polar surface area (TPSA) is 79.6 Å². The Morgan fingerprint density at radius 2 is 2.10 bits per heavy atom. The highest BCUT2D eigenvalue weighted by molar-refractivity contribution is 5.62. The van der Waals surface area contributed by atoms with E-state index in [9.17, 15) is 5.11 Å². The third-order valence-corrected chi connectivity index (χ3v) is 3.46. The minimum absolute atomic E-state index is 0.410. The average Bonchev–Trinajstić information content (AvgIpc) is 3.16. The molecule has 3 rings (SSSR count). The number of benzene rings is 1. The van der Waals surface area contributed by atoms with Gasteiger partial charge in [0.2, 0.25) is 0 Å². The SMILES string of the molecule is CCn1ncnc1CC(O)c1cn[nH]c1-c1ccccc1. The fourth-order valence-electron chi connectivity index (χ4n) is 2.38. The molecule has 0 radical (unpaired) electrons. The molecule has 0 aliphatic carbocycles. The normalized spacial score (nSPS) is 12.5. The van der Waals surface area contributed by atoms with Crippen molar-refractivity contribution in [2.75, 3.05) is 0 Å². The second kappa shape index (κ2) is 5.88. The van der Waals surface area contributed by atoms with E-state index in [0.29, 0.717) is 6.42 Å². The van der Waals surface area contributed by atoms with Crippen molar-refractivity contribution in [1.82, 2.24) is 25.0 Å². The van der Waals surface area contributed by atoms with Gasteiger partial charge in [-0.15, -0.1) is 0 Å². The minimum Gasteiger partial charge on any atom is -0.388 e. The molecule has 108 valence electrons. The lowest BCUT2D eigenvalue weighted by molar-refractivity contribution is 0.174. The van der Waals surface area contributed by atoms with E-state index in [-0.39, 0.29) is 0 Å². The second-order valence-electron chi connectivity index (χ2n) is 4.78. The standard InChI is InChI=1S/C15H17N5O/c1-2-20-14(16-10-18-20)8-13(21)12-9-17-19-15(12)11-6-4-3-5-7-11/h3-7,9-10,13,21H,2,8H2,1H3,(H,17,19). The fourth-order valence-corrected chi connectivity index (χ4v) is 2.38. The molecule has 0 spiro atoms. The molecule has 0 fully saturated rings. The van der Waals surface area contributed by atoms with Crippen LogP contribution in [0.5, 0.6) is 0 Å². The van der Waals surface area contributed by atoms with Gasteiger partial charge in [-0.3, -0.25) is 9.78 Å². The molecule has 0 amide bonds. The van der Waals surface area contributed by atoms with Gasteiger partial charge in [-0.2, -0.15) is 10.2 Å². The van der Waals surface area contributed by atoms with Gasteiger partial charge in [0.1, 0.15) is 12.2 Å². The van der Waals surface area contributed by atoms with Gasteiger partial charge in [0.05, 0.1) is 18.0 Å². The average molecular weight is 283 g/mol. The van der Waals surface area contributed by atoms with Crippen LogP contribution < -0.4 is 0 Å². The molecule has 0 saturated carbocycles. The summed E-state index contributed by atoms with van der Waals surface area (Å²) in [5.74, 6) is 0.769. The lowest BCUT2D eigenvalue weighted by atomic mass is 10.0. The van der Waals surface area contributed by atoms with Gasteiger partial charge >= 0.3 is 0 Å². The molecular formula is C15H17N5O. The molecule has 6 nitrogen and oxygen atoms in total. The quantitative estimate of drug-likeness (QED) is 0.750. The summed E-state index contributed by atoms with van der Waals surface area (Å²) in [7, 11) is 0. The number of hydrogen-bond donors (Lipinski definition) is 2. The summed E-state index contributed by atoms with van der Waals surface area (Å²) in [6, 6.07) is 9.84. The molecule has 0 bridgehead atoms. The van der Waals surface area contributed by atoms with Crippen LogP contribution in [0.1, 0.15) is 24.4 Å². The number of aliphatic hydroxyl groups excluding tert-OH is 1. The Hall–Kier alpha value is -2.47. The largest absolute Gasteiger partial charge is 0.388 e. The molecule has 2 aromatic heterocycles. The number of aromatic amines is 1.